The van der Waals surface area contributed by atoms with E-state index in [4.69, 9.17) is 0 Å². The average molecular weight is 231 g/mol. The number of hydrogen-bond acceptors (Lipinski definition) is 2. The highest BCUT2D eigenvalue weighted by molar-refractivity contribution is 5.84. The van der Waals surface area contributed by atoms with E-state index in [-0.39, 0.29) is 5.41 Å². The van der Waals surface area contributed by atoms with Gasteiger partial charge in [0.15, 0.2) is 0 Å². The van der Waals surface area contributed by atoms with Crippen LogP contribution in [0.2, 0.25) is 0 Å². The number of anilines is 1. The van der Waals surface area contributed by atoms with E-state index in [9.17, 15) is 9.90 Å². The third kappa shape index (κ3) is 1.45. The van der Waals surface area contributed by atoms with Gasteiger partial charge in [-0.15, -0.1) is 0 Å². The normalized spacial score (nSPS) is 25.3. The van der Waals surface area contributed by atoms with Crippen molar-refractivity contribution in [2.24, 2.45) is 0 Å². The number of nitrogens with one attached hydrogen (secondary N) is 1. The highest BCUT2D eigenvalue weighted by atomic mass is 16.4. The van der Waals surface area contributed by atoms with Gasteiger partial charge in [-0.25, -0.2) is 4.79 Å². The quantitative estimate of drug-likeness (QED) is 0.781. The van der Waals surface area contributed by atoms with Gasteiger partial charge in [0.1, 0.15) is 6.04 Å². The summed E-state index contributed by atoms with van der Waals surface area (Å²) in [6.07, 6.45) is 5.50. The van der Waals surface area contributed by atoms with Gasteiger partial charge in [-0.2, -0.15) is 0 Å². The number of benzene rings is 1. The Balaban J connectivity index is 2.10. The van der Waals surface area contributed by atoms with Crippen molar-refractivity contribution in [3.8, 4) is 0 Å². The molecule has 0 saturated heterocycles. The van der Waals surface area contributed by atoms with Crippen LogP contribution in [-0.2, 0) is 10.2 Å². The van der Waals surface area contributed by atoms with Crippen molar-refractivity contribution in [3.63, 3.8) is 0 Å². The molecule has 0 unspecified atom stereocenters. The standard InChI is InChI=1S/C14H17NO2/c16-13(17)12-14(8-4-1-5-9-14)10-6-2-3-7-11(10)15-12/h2-3,6-7,12,15H,1,4-5,8-9H2,(H,16,17)/t12-/m1/s1. The number of aliphatic carboxylic acids is 1. The molecule has 0 radical (unpaired) electrons. The summed E-state index contributed by atoms with van der Waals surface area (Å²) < 4.78 is 0. The molecule has 1 aliphatic carbocycles. The van der Waals surface area contributed by atoms with E-state index < -0.39 is 12.0 Å². The van der Waals surface area contributed by atoms with Gasteiger partial charge in [-0.1, -0.05) is 37.5 Å². The summed E-state index contributed by atoms with van der Waals surface area (Å²) in [4.78, 5) is 11.5. The summed E-state index contributed by atoms with van der Waals surface area (Å²) >= 11 is 0. The summed E-state index contributed by atoms with van der Waals surface area (Å²) in [6, 6.07) is 7.62. The minimum absolute atomic E-state index is 0.166. The fourth-order valence-electron chi connectivity index (χ4n) is 3.53. The van der Waals surface area contributed by atoms with Gasteiger partial charge < -0.3 is 10.4 Å². The van der Waals surface area contributed by atoms with Gasteiger partial charge in [-0.3, -0.25) is 0 Å². The van der Waals surface area contributed by atoms with Gasteiger partial charge in [-0.05, 0) is 24.5 Å². The zero-order chi connectivity index (χ0) is 11.9. The molecular weight excluding hydrogens is 214 g/mol. The third-order valence-corrected chi connectivity index (χ3v) is 4.31. The first kappa shape index (κ1) is 10.6. The van der Waals surface area contributed by atoms with Crippen LogP contribution in [0.15, 0.2) is 24.3 Å². The van der Waals surface area contributed by atoms with Gasteiger partial charge >= 0.3 is 5.97 Å². The zero-order valence-electron chi connectivity index (χ0n) is 9.78. The maximum absolute atomic E-state index is 11.5. The lowest BCUT2D eigenvalue weighted by atomic mass is 9.66. The van der Waals surface area contributed by atoms with Crippen molar-refractivity contribution in [2.45, 2.75) is 43.6 Å². The minimum atomic E-state index is -0.719. The molecule has 1 aromatic carbocycles. The molecule has 90 valence electrons. The molecule has 1 saturated carbocycles. The fourth-order valence-corrected chi connectivity index (χ4v) is 3.53. The van der Waals surface area contributed by atoms with Crippen LogP contribution >= 0.6 is 0 Å². The van der Waals surface area contributed by atoms with Gasteiger partial charge in [0, 0.05) is 11.1 Å². The van der Waals surface area contributed by atoms with E-state index in [1.165, 1.54) is 12.0 Å². The maximum atomic E-state index is 11.5. The summed E-state index contributed by atoms with van der Waals surface area (Å²) in [6.45, 7) is 0. The van der Waals surface area contributed by atoms with Gasteiger partial charge in [0.05, 0.1) is 0 Å². The highest BCUT2D eigenvalue weighted by Gasteiger charge is 2.50. The Bertz CT molecular complexity index is 449. The molecule has 0 bridgehead atoms. The molecule has 0 amide bonds. The van der Waals surface area contributed by atoms with Crippen LogP contribution in [0.4, 0.5) is 5.69 Å². The molecule has 1 heterocycles. The van der Waals surface area contributed by atoms with E-state index in [0.29, 0.717) is 0 Å². The summed E-state index contributed by atoms with van der Waals surface area (Å²) in [5.74, 6) is -0.719. The van der Waals surface area contributed by atoms with Crippen LogP contribution in [0.3, 0.4) is 0 Å². The number of carboxylic acids is 1. The average Bonchev–Trinajstić information content (AvgIpc) is 2.66. The molecule has 1 aromatic rings. The summed E-state index contributed by atoms with van der Waals surface area (Å²) in [7, 11) is 0. The number of hydrogen-bond donors (Lipinski definition) is 2. The van der Waals surface area contributed by atoms with Crippen LogP contribution in [-0.4, -0.2) is 17.1 Å². The van der Waals surface area contributed by atoms with Crippen molar-refractivity contribution < 1.29 is 9.90 Å². The topological polar surface area (TPSA) is 49.3 Å². The lowest BCUT2D eigenvalue weighted by Gasteiger charge is -2.37. The van der Waals surface area contributed by atoms with E-state index in [1.54, 1.807) is 0 Å². The monoisotopic (exact) mass is 231 g/mol. The first-order valence-electron chi connectivity index (χ1n) is 6.33. The fraction of sp³-hybridized carbons (Fsp3) is 0.500. The van der Waals surface area contributed by atoms with Crippen molar-refractivity contribution in [2.75, 3.05) is 5.32 Å². The first-order chi connectivity index (χ1) is 8.24. The predicted molar refractivity (Wildman–Crippen MR) is 66.3 cm³/mol. The Morgan fingerprint density at radius 2 is 1.94 bits per heavy atom. The molecule has 1 fully saturated rings. The van der Waals surface area contributed by atoms with Gasteiger partial charge in [0.2, 0.25) is 0 Å². The van der Waals surface area contributed by atoms with Crippen LogP contribution in [0, 0.1) is 0 Å². The molecule has 3 heteroatoms. The Kier molecular flexibility index (Phi) is 2.35. The van der Waals surface area contributed by atoms with Crippen molar-refractivity contribution in [3.05, 3.63) is 29.8 Å². The Morgan fingerprint density at radius 3 is 2.65 bits per heavy atom. The number of fused-ring (bicyclic) bond motifs is 2. The smallest absolute Gasteiger partial charge is 0.327 e. The minimum Gasteiger partial charge on any atom is -0.480 e. The maximum Gasteiger partial charge on any atom is 0.327 e. The highest BCUT2D eigenvalue weighted by Crippen LogP contribution is 2.50. The number of para-hydroxylation sites is 1. The van der Waals surface area contributed by atoms with Crippen molar-refractivity contribution >= 4 is 11.7 Å². The van der Waals surface area contributed by atoms with Crippen LogP contribution in [0.5, 0.6) is 0 Å². The van der Waals surface area contributed by atoms with Crippen LogP contribution < -0.4 is 5.32 Å². The molecular formula is C14H17NO2. The third-order valence-electron chi connectivity index (χ3n) is 4.31. The molecule has 17 heavy (non-hydrogen) atoms. The van der Waals surface area contributed by atoms with E-state index in [2.05, 4.69) is 11.4 Å². The molecule has 1 atom stereocenters. The first-order valence-corrected chi connectivity index (χ1v) is 6.33. The number of carbonyl (C=O) groups is 1. The second-order valence-electron chi connectivity index (χ2n) is 5.18. The Labute approximate surface area is 101 Å². The molecule has 2 N–H and O–H groups in total. The lowest BCUT2D eigenvalue weighted by Crippen LogP contribution is -2.45. The summed E-state index contributed by atoms with van der Waals surface area (Å²) in [5, 5.41) is 12.6. The molecule has 1 aliphatic heterocycles. The second-order valence-corrected chi connectivity index (χ2v) is 5.18. The molecule has 3 nitrogen and oxygen atoms in total. The number of rotatable bonds is 1. The largest absolute Gasteiger partial charge is 0.480 e. The van der Waals surface area contributed by atoms with E-state index >= 15 is 0 Å². The zero-order valence-corrected chi connectivity index (χ0v) is 9.78. The number of carboxylic acid groups (broad SMARTS) is 1. The van der Waals surface area contributed by atoms with Crippen LogP contribution in [0.1, 0.15) is 37.7 Å². The Hall–Kier alpha value is -1.51. The molecule has 3 rings (SSSR count). The second kappa shape index (κ2) is 3.76. The van der Waals surface area contributed by atoms with Crippen LogP contribution in [0.25, 0.3) is 0 Å². The molecule has 2 aliphatic rings. The molecule has 1 spiro atoms. The van der Waals surface area contributed by atoms with E-state index in [1.807, 2.05) is 18.2 Å². The summed E-state index contributed by atoms with van der Waals surface area (Å²) in [5.41, 5.74) is 2.06. The van der Waals surface area contributed by atoms with Crippen molar-refractivity contribution in [1.82, 2.24) is 0 Å². The Morgan fingerprint density at radius 1 is 1.24 bits per heavy atom. The van der Waals surface area contributed by atoms with Crippen molar-refractivity contribution in [1.29, 1.82) is 0 Å². The molecule has 0 aromatic heterocycles. The predicted octanol–water partition coefficient (Wildman–Crippen LogP) is 2.77. The lowest BCUT2D eigenvalue weighted by molar-refractivity contribution is -0.139. The van der Waals surface area contributed by atoms with E-state index in [0.717, 1.165) is 31.4 Å². The SMILES string of the molecule is O=C(O)[C@H]1Nc2ccccc2C12CCCCC2. The van der Waals surface area contributed by atoms with Gasteiger partial charge in [0.25, 0.3) is 0 Å².